The van der Waals surface area contributed by atoms with Crippen molar-refractivity contribution in [2.75, 3.05) is 5.32 Å². The van der Waals surface area contributed by atoms with Crippen LogP contribution in [0.3, 0.4) is 0 Å². The van der Waals surface area contributed by atoms with Gasteiger partial charge in [0.15, 0.2) is 0 Å². The Hall–Kier alpha value is -2.36. The minimum atomic E-state index is 0.526. The largest absolute Gasteiger partial charge is 0.367 e. The van der Waals surface area contributed by atoms with Crippen LogP contribution in [-0.4, -0.2) is 20.4 Å². The number of benzene rings is 1. The van der Waals surface area contributed by atoms with E-state index < -0.39 is 0 Å². The second kappa shape index (κ2) is 6.51. The van der Waals surface area contributed by atoms with Crippen molar-refractivity contribution in [3.05, 3.63) is 47.3 Å². The Morgan fingerprint density at radius 1 is 1.00 bits per heavy atom. The maximum atomic E-state index is 4.90. The first-order valence-electron chi connectivity index (χ1n) is 9.32. The molecule has 0 amide bonds. The van der Waals surface area contributed by atoms with Crippen LogP contribution in [0.15, 0.2) is 30.3 Å². The minimum absolute atomic E-state index is 0.526. The second-order valence-electron chi connectivity index (χ2n) is 7.33. The lowest BCUT2D eigenvalue weighted by Gasteiger charge is -2.24. The third kappa shape index (κ3) is 3.13. The van der Waals surface area contributed by atoms with E-state index in [2.05, 4.69) is 58.9 Å². The van der Waals surface area contributed by atoms with Crippen molar-refractivity contribution in [3.8, 4) is 11.3 Å². The van der Waals surface area contributed by atoms with Crippen LogP contribution in [-0.2, 0) is 0 Å². The molecule has 1 aromatic carbocycles. The van der Waals surface area contributed by atoms with Crippen molar-refractivity contribution in [2.45, 2.75) is 58.9 Å². The Morgan fingerprint density at radius 2 is 1.80 bits per heavy atom. The Labute approximate surface area is 149 Å². The van der Waals surface area contributed by atoms with Crippen molar-refractivity contribution in [3.63, 3.8) is 0 Å². The highest BCUT2D eigenvalue weighted by atomic mass is 15.2. The van der Waals surface area contributed by atoms with Crippen LogP contribution in [0.4, 0.5) is 5.82 Å². The lowest BCUT2D eigenvalue weighted by Crippen LogP contribution is -2.23. The average molecular weight is 334 g/mol. The summed E-state index contributed by atoms with van der Waals surface area (Å²) in [5.41, 5.74) is 5.59. The van der Waals surface area contributed by atoms with Crippen LogP contribution < -0.4 is 5.32 Å². The van der Waals surface area contributed by atoms with Crippen molar-refractivity contribution < 1.29 is 0 Å². The average Bonchev–Trinajstić information content (AvgIpc) is 2.94. The molecule has 2 heterocycles. The Bertz CT molecular complexity index is 904. The van der Waals surface area contributed by atoms with Crippen LogP contribution >= 0.6 is 0 Å². The number of imidazole rings is 1. The summed E-state index contributed by atoms with van der Waals surface area (Å²) in [5, 5.41) is 3.81. The summed E-state index contributed by atoms with van der Waals surface area (Å²) >= 11 is 0. The molecule has 4 nitrogen and oxygen atoms in total. The fourth-order valence-corrected chi connectivity index (χ4v) is 3.94. The first kappa shape index (κ1) is 16.1. The first-order valence-corrected chi connectivity index (χ1v) is 9.32. The fraction of sp³-hybridized carbons (Fsp3) is 0.429. The zero-order valence-electron chi connectivity index (χ0n) is 15.3. The highest BCUT2D eigenvalue weighted by Crippen LogP contribution is 2.32. The number of fused-ring (bicyclic) bond motifs is 1. The number of rotatable bonds is 3. The van der Waals surface area contributed by atoms with Crippen LogP contribution in [0, 0.1) is 20.8 Å². The van der Waals surface area contributed by atoms with E-state index in [1.54, 1.807) is 0 Å². The molecule has 1 aliphatic rings. The highest BCUT2D eigenvalue weighted by molar-refractivity contribution is 5.76. The molecule has 0 unspecified atom stereocenters. The number of aromatic nitrogens is 3. The van der Waals surface area contributed by atoms with E-state index in [1.807, 2.05) is 6.92 Å². The molecular weight excluding hydrogens is 308 g/mol. The zero-order valence-corrected chi connectivity index (χ0v) is 15.3. The van der Waals surface area contributed by atoms with Gasteiger partial charge in [-0.05, 0) is 45.7 Å². The standard InChI is InChI=1S/C21H26N4/c1-14-8-7-9-17(12-14)19-20(23-18-10-5-4-6-11-18)25-16(3)13-15(2)22-21(25)24-19/h7-9,12-13,18,23H,4-6,10-11H2,1-3H3. The van der Waals surface area contributed by atoms with Crippen molar-refractivity contribution in [1.82, 2.24) is 14.4 Å². The zero-order chi connectivity index (χ0) is 17.4. The van der Waals surface area contributed by atoms with Gasteiger partial charge in [-0.25, -0.2) is 9.97 Å². The van der Waals surface area contributed by atoms with Gasteiger partial charge in [0.2, 0.25) is 5.78 Å². The molecule has 130 valence electrons. The van der Waals surface area contributed by atoms with E-state index in [9.17, 15) is 0 Å². The molecular formula is C21H26N4. The van der Waals surface area contributed by atoms with Crippen LogP contribution in [0.5, 0.6) is 0 Å². The molecule has 0 bridgehead atoms. The van der Waals surface area contributed by atoms with Gasteiger partial charge in [0.25, 0.3) is 0 Å². The summed E-state index contributed by atoms with van der Waals surface area (Å²) in [5.74, 6) is 1.88. The van der Waals surface area contributed by atoms with Gasteiger partial charge in [-0.2, -0.15) is 0 Å². The molecule has 0 atom stereocenters. The topological polar surface area (TPSA) is 42.2 Å². The normalized spacial score (nSPS) is 15.6. The summed E-state index contributed by atoms with van der Waals surface area (Å²) in [6.07, 6.45) is 6.45. The number of anilines is 1. The summed E-state index contributed by atoms with van der Waals surface area (Å²) < 4.78 is 2.18. The van der Waals surface area contributed by atoms with Gasteiger partial charge < -0.3 is 5.32 Å². The molecule has 0 saturated heterocycles. The van der Waals surface area contributed by atoms with Crippen LogP contribution in [0.1, 0.15) is 49.1 Å². The van der Waals surface area contributed by atoms with E-state index in [1.165, 1.54) is 43.4 Å². The minimum Gasteiger partial charge on any atom is -0.367 e. The van der Waals surface area contributed by atoms with Gasteiger partial charge >= 0.3 is 0 Å². The van der Waals surface area contributed by atoms with Crippen molar-refractivity contribution >= 4 is 11.6 Å². The molecule has 2 aromatic heterocycles. The smallest absolute Gasteiger partial charge is 0.236 e. The van der Waals surface area contributed by atoms with Crippen molar-refractivity contribution in [1.29, 1.82) is 0 Å². The molecule has 1 aliphatic carbocycles. The lowest BCUT2D eigenvalue weighted by atomic mass is 9.95. The Balaban J connectivity index is 1.88. The fourth-order valence-electron chi connectivity index (χ4n) is 3.94. The summed E-state index contributed by atoms with van der Waals surface area (Å²) in [6.45, 7) is 6.29. The van der Waals surface area contributed by atoms with Gasteiger partial charge in [-0.15, -0.1) is 0 Å². The number of nitrogens with zero attached hydrogens (tertiary/aromatic N) is 3. The van der Waals surface area contributed by atoms with E-state index >= 15 is 0 Å². The summed E-state index contributed by atoms with van der Waals surface area (Å²) in [7, 11) is 0. The number of nitrogens with one attached hydrogen (secondary N) is 1. The van der Waals surface area contributed by atoms with E-state index in [0.717, 1.165) is 28.5 Å². The third-order valence-corrected chi connectivity index (χ3v) is 5.14. The molecule has 3 aromatic rings. The summed E-state index contributed by atoms with van der Waals surface area (Å²) in [4.78, 5) is 9.57. The molecule has 25 heavy (non-hydrogen) atoms. The van der Waals surface area contributed by atoms with E-state index in [-0.39, 0.29) is 0 Å². The van der Waals surface area contributed by atoms with Gasteiger partial charge in [0.1, 0.15) is 11.5 Å². The van der Waals surface area contributed by atoms with Gasteiger partial charge in [-0.3, -0.25) is 4.40 Å². The molecule has 4 rings (SSSR count). The van der Waals surface area contributed by atoms with E-state index in [4.69, 9.17) is 4.98 Å². The van der Waals surface area contributed by atoms with Crippen LogP contribution in [0.2, 0.25) is 0 Å². The van der Waals surface area contributed by atoms with Crippen molar-refractivity contribution in [2.24, 2.45) is 0 Å². The predicted molar refractivity (Wildman–Crippen MR) is 103 cm³/mol. The van der Waals surface area contributed by atoms with Gasteiger partial charge in [0.05, 0.1) is 0 Å². The molecule has 4 heteroatoms. The number of hydrogen-bond donors (Lipinski definition) is 1. The second-order valence-corrected chi connectivity index (χ2v) is 7.33. The Kier molecular flexibility index (Phi) is 4.20. The summed E-state index contributed by atoms with van der Waals surface area (Å²) in [6, 6.07) is 11.2. The number of aryl methyl sites for hydroxylation is 3. The quantitative estimate of drug-likeness (QED) is 0.727. The highest BCUT2D eigenvalue weighted by Gasteiger charge is 2.21. The Morgan fingerprint density at radius 3 is 2.56 bits per heavy atom. The monoisotopic (exact) mass is 334 g/mol. The molecule has 0 radical (unpaired) electrons. The molecule has 0 spiro atoms. The SMILES string of the molecule is Cc1cccc(-c2nc3nc(C)cc(C)n3c2NC2CCCCC2)c1. The number of hydrogen-bond acceptors (Lipinski definition) is 3. The van der Waals surface area contributed by atoms with E-state index in [0.29, 0.717) is 6.04 Å². The maximum Gasteiger partial charge on any atom is 0.236 e. The van der Waals surface area contributed by atoms with Gasteiger partial charge in [0, 0.05) is 23.0 Å². The molecule has 1 saturated carbocycles. The maximum absolute atomic E-state index is 4.90. The predicted octanol–water partition coefficient (Wildman–Crippen LogP) is 5.07. The molecule has 0 aliphatic heterocycles. The van der Waals surface area contributed by atoms with Crippen LogP contribution in [0.25, 0.3) is 17.0 Å². The molecule has 1 fully saturated rings. The van der Waals surface area contributed by atoms with Gasteiger partial charge in [-0.1, -0.05) is 43.0 Å². The lowest BCUT2D eigenvalue weighted by molar-refractivity contribution is 0.461. The third-order valence-electron chi connectivity index (χ3n) is 5.14. The molecule has 1 N–H and O–H groups in total. The first-order chi connectivity index (χ1) is 12.1.